The molecule has 2 aromatic carbocycles. The first-order chi connectivity index (χ1) is 16.0. The molecule has 1 amide bonds. The maximum absolute atomic E-state index is 13.4. The molecule has 8 heteroatoms. The molecule has 0 aliphatic carbocycles. The Morgan fingerprint density at radius 3 is 2.52 bits per heavy atom. The molecule has 3 aromatic rings. The van der Waals surface area contributed by atoms with Gasteiger partial charge < -0.3 is 19.7 Å². The number of aromatic hydroxyl groups is 1. The first-order valence-corrected chi connectivity index (χ1v) is 11.4. The van der Waals surface area contributed by atoms with Crippen molar-refractivity contribution in [2.45, 2.75) is 19.9 Å². The minimum Gasteiger partial charge on any atom is -0.504 e. The zero-order chi connectivity index (χ0) is 23.5. The monoisotopic (exact) mass is 465 g/mol. The molecule has 1 aliphatic heterocycles. The van der Waals surface area contributed by atoms with Crippen LogP contribution in [-0.2, 0) is 4.79 Å². The number of aliphatic hydroxyl groups excluding tert-OH is 1. The van der Waals surface area contributed by atoms with Crippen LogP contribution in [0.25, 0.3) is 0 Å². The molecule has 0 bridgehead atoms. The zero-order valence-electron chi connectivity index (χ0n) is 18.1. The van der Waals surface area contributed by atoms with E-state index in [1.807, 2.05) is 6.92 Å². The van der Waals surface area contributed by atoms with Crippen molar-refractivity contribution in [1.82, 2.24) is 0 Å². The molecule has 0 spiro atoms. The molecule has 33 heavy (non-hydrogen) atoms. The third-order valence-electron chi connectivity index (χ3n) is 5.20. The Hall–Kier alpha value is -3.78. The van der Waals surface area contributed by atoms with Gasteiger partial charge in [0, 0.05) is 11.8 Å². The van der Waals surface area contributed by atoms with Gasteiger partial charge in [-0.15, -0.1) is 11.3 Å². The average molecular weight is 466 g/mol. The average Bonchev–Trinajstić information content (AvgIpc) is 3.43. The Morgan fingerprint density at radius 2 is 1.82 bits per heavy atom. The van der Waals surface area contributed by atoms with Gasteiger partial charge in [-0.25, -0.2) is 0 Å². The van der Waals surface area contributed by atoms with Gasteiger partial charge in [0.25, 0.3) is 5.91 Å². The van der Waals surface area contributed by atoms with Crippen molar-refractivity contribution in [3.05, 3.63) is 81.8 Å². The SMILES string of the molecule is CCOc1cccc(N2C(=O)C(O)=C(C(=O)c3cccs3)C2c2ccc(O)c(OCC)c2)c1. The van der Waals surface area contributed by atoms with Gasteiger partial charge in [-0.2, -0.15) is 0 Å². The smallest absolute Gasteiger partial charge is 0.294 e. The van der Waals surface area contributed by atoms with E-state index in [2.05, 4.69) is 0 Å². The highest BCUT2D eigenvalue weighted by Crippen LogP contribution is 2.44. The second kappa shape index (κ2) is 9.38. The molecule has 0 fully saturated rings. The summed E-state index contributed by atoms with van der Waals surface area (Å²) in [5, 5.41) is 22.8. The molecule has 170 valence electrons. The van der Waals surface area contributed by atoms with Crippen LogP contribution in [0.1, 0.15) is 35.1 Å². The van der Waals surface area contributed by atoms with Crippen LogP contribution in [0.2, 0.25) is 0 Å². The number of aliphatic hydroxyl groups is 1. The lowest BCUT2D eigenvalue weighted by Gasteiger charge is -2.27. The lowest BCUT2D eigenvalue weighted by atomic mass is 9.94. The maximum atomic E-state index is 13.4. The van der Waals surface area contributed by atoms with E-state index in [-0.39, 0.29) is 17.1 Å². The molecule has 1 aliphatic rings. The van der Waals surface area contributed by atoms with E-state index in [0.29, 0.717) is 35.1 Å². The van der Waals surface area contributed by atoms with E-state index in [0.717, 1.165) is 0 Å². The lowest BCUT2D eigenvalue weighted by molar-refractivity contribution is -0.117. The topological polar surface area (TPSA) is 96.3 Å². The van der Waals surface area contributed by atoms with Gasteiger partial charge in [0.1, 0.15) is 5.75 Å². The van der Waals surface area contributed by atoms with E-state index in [4.69, 9.17) is 9.47 Å². The summed E-state index contributed by atoms with van der Waals surface area (Å²) < 4.78 is 11.1. The van der Waals surface area contributed by atoms with Gasteiger partial charge in [0.2, 0.25) is 5.78 Å². The van der Waals surface area contributed by atoms with Gasteiger partial charge in [-0.3, -0.25) is 14.5 Å². The number of hydrogen-bond acceptors (Lipinski definition) is 7. The summed E-state index contributed by atoms with van der Waals surface area (Å²) in [6, 6.07) is 14.0. The Labute approximate surface area is 195 Å². The van der Waals surface area contributed by atoms with Crippen molar-refractivity contribution >= 4 is 28.7 Å². The van der Waals surface area contributed by atoms with E-state index >= 15 is 0 Å². The molecule has 1 unspecified atom stereocenters. The molecule has 1 aromatic heterocycles. The number of hydrogen-bond donors (Lipinski definition) is 2. The number of phenols is 1. The number of thiophene rings is 1. The van der Waals surface area contributed by atoms with Crippen LogP contribution in [0, 0.1) is 0 Å². The first kappa shape index (κ1) is 22.4. The normalized spacial score (nSPS) is 15.8. The molecule has 7 nitrogen and oxygen atoms in total. The molecule has 1 atom stereocenters. The van der Waals surface area contributed by atoms with Crippen LogP contribution >= 0.6 is 11.3 Å². The van der Waals surface area contributed by atoms with Crippen molar-refractivity contribution in [1.29, 1.82) is 0 Å². The Bertz CT molecular complexity index is 1220. The number of benzene rings is 2. The van der Waals surface area contributed by atoms with E-state index in [9.17, 15) is 19.8 Å². The van der Waals surface area contributed by atoms with Gasteiger partial charge in [-0.1, -0.05) is 18.2 Å². The Morgan fingerprint density at radius 1 is 1.03 bits per heavy atom. The molecule has 0 saturated carbocycles. The predicted molar refractivity (Wildman–Crippen MR) is 125 cm³/mol. The lowest BCUT2D eigenvalue weighted by Crippen LogP contribution is -2.31. The van der Waals surface area contributed by atoms with E-state index in [1.165, 1.54) is 22.3 Å². The molecular weight excluding hydrogens is 442 g/mol. The van der Waals surface area contributed by atoms with Crippen LogP contribution in [0.5, 0.6) is 17.2 Å². The van der Waals surface area contributed by atoms with Crippen molar-refractivity contribution in [2.24, 2.45) is 0 Å². The number of ketones is 1. The van der Waals surface area contributed by atoms with E-state index < -0.39 is 23.5 Å². The molecule has 2 heterocycles. The summed E-state index contributed by atoms with van der Waals surface area (Å²) in [6.45, 7) is 4.41. The van der Waals surface area contributed by atoms with Gasteiger partial charge in [-0.05, 0) is 55.1 Å². The number of carbonyl (C=O) groups excluding carboxylic acids is 2. The largest absolute Gasteiger partial charge is 0.504 e. The third kappa shape index (κ3) is 4.17. The Kier molecular flexibility index (Phi) is 6.37. The predicted octanol–water partition coefficient (Wildman–Crippen LogP) is 5.03. The Balaban J connectivity index is 1.88. The van der Waals surface area contributed by atoms with Gasteiger partial charge in [0.15, 0.2) is 17.3 Å². The summed E-state index contributed by atoms with van der Waals surface area (Å²) >= 11 is 1.23. The fourth-order valence-electron chi connectivity index (χ4n) is 3.82. The summed E-state index contributed by atoms with van der Waals surface area (Å²) in [7, 11) is 0. The van der Waals surface area contributed by atoms with Crippen LogP contribution in [-0.4, -0.2) is 35.1 Å². The molecule has 4 rings (SSSR count). The van der Waals surface area contributed by atoms with Gasteiger partial charge in [0.05, 0.1) is 29.7 Å². The number of ether oxygens (including phenoxy) is 2. The second-order valence-electron chi connectivity index (χ2n) is 7.24. The number of carbonyl (C=O) groups is 2. The summed E-state index contributed by atoms with van der Waals surface area (Å²) in [5.41, 5.74) is 0.940. The van der Waals surface area contributed by atoms with Crippen molar-refractivity contribution in [2.75, 3.05) is 18.1 Å². The number of anilines is 1. The molecule has 0 saturated heterocycles. The number of phenolic OH excluding ortho intramolecular Hbond substituents is 1. The minimum atomic E-state index is -0.927. The summed E-state index contributed by atoms with van der Waals surface area (Å²) in [5.74, 6) is -1.02. The van der Waals surface area contributed by atoms with Crippen LogP contribution in [0.3, 0.4) is 0 Å². The third-order valence-corrected chi connectivity index (χ3v) is 6.07. The zero-order valence-corrected chi connectivity index (χ0v) is 19.0. The van der Waals surface area contributed by atoms with Crippen LogP contribution < -0.4 is 14.4 Å². The molecular formula is C25H23NO6S. The standard InChI is InChI=1S/C25H23NO6S/c1-3-31-17-8-5-7-16(14-17)26-22(15-10-11-18(27)19(13-15)32-4-2)21(24(29)25(26)30)23(28)20-9-6-12-33-20/h5-14,22,27,29H,3-4H2,1-2H3. The fraction of sp³-hybridized carbons (Fsp3) is 0.200. The number of Topliss-reactive ketones (excluding diaryl/α,β-unsaturated/α-hetero) is 1. The van der Waals surface area contributed by atoms with Crippen molar-refractivity contribution in [3.8, 4) is 17.2 Å². The highest BCUT2D eigenvalue weighted by atomic mass is 32.1. The van der Waals surface area contributed by atoms with Crippen molar-refractivity contribution < 1.29 is 29.3 Å². The van der Waals surface area contributed by atoms with Crippen molar-refractivity contribution in [3.63, 3.8) is 0 Å². The molecule has 2 N–H and O–H groups in total. The quantitative estimate of drug-likeness (QED) is 0.453. The number of rotatable bonds is 8. The minimum absolute atomic E-state index is 0.0302. The number of amides is 1. The second-order valence-corrected chi connectivity index (χ2v) is 8.18. The van der Waals surface area contributed by atoms with Crippen LogP contribution in [0.4, 0.5) is 5.69 Å². The first-order valence-electron chi connectivity index (χ1n) is 10.5. The fourth-order valence-corrected chi connectivity index (χ4v) is 4.50. The summed E-state index contributed by atoms with van der Waals surface area (Å²) in [4.78, 5) is 28.4. The summed E-state index contributed by atoms with van der Waals surface area (Å²) in [6.07, 6.45) is 0. The van der Waals surface area contributed by atoms with Crippen LogP contribution in [0.15, 0.2) is 71.3 Å². The van der Waals surface area contributed by atoms with Gasteiger partial charge >= 0.3 is 0 Å². The highest BCUT2D eigenvalue weighted by Gasteiger charge is 2.45. The number of nitrogens with zero attached hydrogens (tertiary/aromatic N) is 1. The molecule has 0 radical (unpaired) electrons. The maximum Gasteiger partial charge on any atom is 0.294 e. The van der Waals surface area contributed by atoms with E-state index in [1.54, 1.807) is 60.8 Å². The highest BCUT2D eigenvalue weighted by molar-refractivity contribution is 7.12.